The lowest BCUT2D eigenvalue weighted by Crippen LogP contribution is -2.45. The SMILES string of the molecule is NC(=O)CN1C(=O)C2(CCN(C(=O)c3cn[nH]n3)C2)c2ccccc21. The molecular weight excluding hydrogens is 324 g/mol. The van der Waals surface area contributed by atoms with Crippen molar-refractivity contribution in [2.45, 2.75) is 11.8 Å². The summed E-state index contributed by atoms with van der Waals surface area (Å²) in [6.07, 6.45) is 1.85. The molecule has 1 unspecified atom stereocenters. The zero-order valence-electron chi connectivity index (χ0n) is 13.3. The molecule has 3 N–H and O–H groups in total. The van der Waals surface area contributed by atoms with E-state index in [9.17, 15) is 14.4 Å². The van der Waals surface area contributed by atoms with Gasteiger partial charge in [0.25, 0.3) is 5.91 Å². The predicted molar refractivity (Wildman–Crippen MR) is 86.6 cm³/mol. The number of hydrogen-bond donors (Lipinski definition) is 2. The zero-order valence-corrected chi connectivity index (χ0v) is 13.3. The van der Waals surface area contributed by atoms with Gasteiger partial charge in [-0.3, -0.25) is 14.4 Å². The Kier molecular flexibility index (Phi) is 3.31. The Bertz CT molecular complexity index is 865. The number of aromatic nitrogens is 3. The van der Waals surface area contributed by atoms with Gasteiger partial charge in [-0.25, -0.2) is 0 Å². The molecule has 9 heteroatoms. The van der Waals surface area contributed by atoms with Crippen LogP contribution in [-0.2, 0) is 15.0 Å². The molecule has 1 spiro atoms. The van der Waals surface area contributed by atoms with Crippen molar-refractivity contribution >= 4 is 23.4 Å². The number of H-pyrrole nitrogens is 1. The molecular formula is C16H16N6O3. The molecule has 4 rings (SSSR count). The number of para-hydroxylation sites is 1. The molecule has 2 aliphatic rings. The average Bonchev–Trinajstić information content (AvgIpc) is 3.32. The second kappa shape index (κ2) is 5.40. The van der Waals surface area contributed by atoms with E-state index in [-0.39, 0.29) is 30.6 Å². The molecule has 25 heavy (non-hydrogen) atoms. The molecule has 0 radical (unpaired) electrons. The topological polar surface area (TPSA) is 125 Å². The molecule has 9 nitrogen and oxygen atoms in total. The summed E-state index contributed by atoms with van der Waals surface area (Å²) >= 11 is 0. The average molecular weight is 340 g/mol. The summed E-state index contributed by atoms with van der Waals surface area (Å²) in [4.78, 5) is 40.1. The summed E-state index contributed by atoms with van der Waals surface area (Å²) in [7, 11) is 0. The summed E-state index contributed by atoms with van der Waals surface area (Å²) in [5, 5.41) is 9.87. The number of benzene rings is 1. The van der Waals surface area contributed by atoms with Gasteiger partial charge in [-0.15, -0.1) is 0 Å². The summed E-state index contributed by atoms with van der Waals surface area (Å²) in [5.74, 6) is -1.04. The number of anilines is 1. The van der Waals surface area contributed by atoms with E-state index in [1.165, 1.54) is 11.1 Å². The van der Waals surface area contributed by atoms with Crippen LogP contribution in [0.3, 0.4) is 0 Å². The molecule has 1 atom stereocenters. The minimum Gasteiger partial charge on any atom is -0.368 e. The number of fused-ring (bicyclic) bond motifs is 2. The van der Waals surface area contributed by atoms with E-state index in [0.29, 0.717) is 18.7 Å². The van der Waals surface area contributed by atoms with E-state index in [1.54, 1.807) is 11.0 Å². The summed E-state index contributed by atoms with van der Waals surface area (Å²) in [6.45, 7) is 0.495. The molecule has 3 amide bonds. The van der Waals surface area contributed by atoms with Crippen LogP contribution in [-0.4, -0.2) is 57.7 Å². The van der Waals surface area contributed by atoms with Gasteiger partial charge in [-0.2, -0.15) is 15.4 Å². The fourth-order valence-corrected chi connectivity index (χ4v) is 3.75. The van der Waals surface area contributed by atoms with Gasteiger partial charge in [0, 0.05) is 18.8 Å². The van der Waals surface area contributed by atoms with Gasteiger partial charge in [0.1, 0.15) is 6.54 Å². The highest BCUT2D eigenvalue weighted by atomic mass is 16.2. The van der Waals surface area contributed by atoms with Crippen molar-refractivity contribution in [3.8, 4) is 0 Å². The fraction of sp³-hybridized carbons (Fsp3) is 0.312. The maximum Gasteiger partial charge on any atom is 0.276 e. The van der Waals surface area contributed by atoms with E-state index in [2.05, 4.69) is 15.4 Å². The molecule has 2 aromatic rings. The van der Waals surface area contributed by atoms with Crippen LogP contribution < -0.4 is 10.6 Å². The van der Waals surface area contributed by atoms with E-state index < -0.39 is 11.3 Å². The van der Waals surface area contributed by atoms with Crippen LogP contribution in [0.2, 0.25) is 0 Å². The highest BCUT2D eigenvalue weighted by Gasteiger charge is 2.55. The maximum absolute atomic E-state index is 13.1. The fourth-order valence-electron chi connectivity index (χ4n) is 3.75. The highest BCUT2D eigenvalue weighted by Crippen LogP contribution is 2.47. The van der Waals surface area contributed by atoms with Crippen LogP contribution >= 0.6 is 0 Å². The first kappa shape index (κ1) is 15.3. The number of carbonyl (C=O) groups is 3. The Hall–Kier alpha value is -3.23. The van der Waals surface area contributed by atoms with Gasteiger partial charge in [0.2, 0.25) is 11.8 Å². The van der Waals surface area contributed by atoms with Crippen LogP contribution in [0, 0.1) is 0 Å². The minimum absolute atomic E-state index is 0.172. The molecule has 0 bridgehead atoms. The van der Waals surface area contributed by atoms with Crippen molar-refractivity contribution in [1.29, 1.82) is 0 Å². The first-order valence-electron chi connectivity index (χ1n) is 7.88. The van der Waals surface area contributed by atoms with Crippen molar-refractivity contribution < 1.29 is 14.4 Å². The molecule has 3 heterocycles. The monoisotopic (exact) mass is 340 g/mol. The van der Waals surface area contributed by atoms with Crippen LogP contribution in [0.4, 0.5) is 5.69 Å². The number of rotatable bonds is 3. The Balaban J connectivity index is 1.69. The molecule has 0 saturated carbocycles. The van der Waals surface area contributed by atoms with Gasteiger partial charge < -0.3 is 15.5 Å². The van der Waals surface area contributed by atoms with E-state index in [4.69, 9.17) is 5.73 Å². The van der Waals surface area contributed by atoms with Crippen molar-refractivity contribution in [2.24, 2.45) is 5.73 Å². The Labute approximate surface area is 142 Å². The van der Waals surface area contributed by atoms with Crippen LogP contribution in [0.15, 0.2) is 30.5 Å². The van der Waals surface area contributed by atoms with Gasteiger partial charge in [-0.1, -0.05) is 18.2 Å². The maximum atomic E-state index is 13.1. The Morgan fingerprint density at radius 3 is 2.84 bits per heavy atom. The summed E-state index contributed by atoms with van der Waals surface area (Å²) in [5.41, 5.74) is 6.19. The lowest BCUT2D eigenvalue weighted by Gasteiger charge is -2.23. The number of amides is 3. The first-order valence-corrected chi connectivity index (χ1v) is 7.88. The quantitative estimate of drug-likeness (QED) is 0.773. The van der Waals surface area contributed by atoms with E-state index in [1.807, 2.05) is 18.2 Å². The number of likely N-dealkylation sites (tertiary alicyclic amines) is 1. The molecule has 2 aliphatic heterocycles. The second-order valence-corrected chi connectivity index (χ2v) is 6.29. The number of nitrogens with zero attached hydrogens (tertiary/aromatic N) is 4. The van der Waals surface area contributed by atoms with Crippen molar-refractivity contribution in [3.05, 3.63) is 41.7 Å². The summed E-state index contributed by atoms with van der Waals surface area (Å²) < 4.78 is 0. The second-order valence-electron chi connectivity index (χ2n) is 6.29. The minimum atomic E-state index is -0.842. The number of nitrogens with two attached hydrogens (primary N) is 1. The van der Waals surface area contributed by atoms with Gasteiger partial charge >= 0.3 is 0 Å². The van der Waals surface area contributed by atoms with Crippen molar-refractivity contribution in [3.63, 3.8) is 0 Å². The van der Waals surface area contributed by atoms with E-state index in [0.717, 1.165) is 5.56 Å². The predicted octanol–water partition coefficient (Wildman–Crippen LogP) is -0.579. The molecule has 1 saturated heterocycles. The van der Waals surface area contributed by atoms with Crippen molar-refractivity contribution in [1.82, 2.24) is 20.3 Å². The molecule has 1 fully saturated rings. The molecule has 1 aromatic carbocycles. The first-order chi connectivity index (χ1) is 12.0. The number of carbonyl (C=O) groups excluding carboxylic acids is 3. The smallest absolute Gasteiger partial charge is 0.276 e. The molecule has 128 valence electrons. The largest absolute Gasteiger partial charge is 0.368 e. The Morgan fingerprint density at radius 1 is 1.32 bits per heavy atom. The Morgan fingerprint density at radius 2 is 2.12 bits per heavy atom. The van der Waals surface area contributed by atoms with Gasteiger partial charge in [0.05, 0.1) is 11.6 Å². The summed E-state index contributed by atoms with van der Waals surface area (Å²) in [6, 6.07) is 7.33. The number of hydrogen-bond acceptors (Lipinski definition) is 5. The van der Waals surface area contributed by atoms with Gasteiger partial charge in [0.15, 0.2) is 5.69 Å². The van der Waals surface area contributed by atoms with Crippen LogP contribution in [0.1, 0.15) is 22.5 Å². The number of nitrogens with one attached hydrogen (secondary N) is 1. The standard InChI is InChI=1S/C16H16N6O3/c17-13(23)8-22-12-4-2-1-3-10(12)16(15(22)25)5-6-21(9-16)14(24)11-7-18-20-19-11/h1-4,7H,5-6,8-9H2,(H2,17,23)(H,18,19,20). The third-order valence-electron chi connectivity index (χ3n) is 4.87. The molecule has 0 aliphatic carbocycles. The van der Waals surface area contributed by atoms with Crippen LogP contribution in [0.25, 0.3) is 0 Å². The van der Waals surface area contributed by atoms with Crippen LogP contribution in [0.5, 0.6) is 0 Å². The number of aromatic amines is 1. The van der Waals surface area contributed by atoms with Gasteiger partial charge in [-0.05, 0) is 18.1 Å². The normalized spacial score (nSPS) is 21.8. The third kappa shape index (κ3) is 2.19. The highest BCUT2D eigenvalue weighted by molar-refractivity contribution is 6.11. The lowest BCUT2D eigenvalue weighted by molar-refractivity contribution is -0.125. The molecule has 1 aromatic heterocycles. The van der Waals surface area contributed by atoms with E-state index >= 15 is 0 Å². The lowest BCUT2D eigenvalue weighted by atomic mass is 9.81. The zero-order chi connectivity index (χ0) is 17.6. The third-order valence-corrected chi connectivity index (χ3v) is 4.87. The number of primary amides is 1. The van der Waals surface area contributed by atoms with Crippen molar-refractivity contribution in [2.75, 3.05) is 24.5 Å².